The van der Waals surface area contributed by atoms with Crippen molar-refractivity contribution in [2.24, 2.45) is 0 Å². The Balaban J connectivity index is 1.97. The zero-order valence-corrected chi connectivity index (χ0v) is 12.3. The van der Waals surface area contributed by atoms with Crippen LogP contribution in [0.3, 0.4) is 0 Å². The highest BCUT2D eigenvalue weighted by Crippen LogP contribution is 2.26. The van der Waals surface area contributed by atoms with Gasteiger partial charge in [0, 0.05) is 17.6 Å². The van der Waals surface area contributed by atoms with E-state index >= 15 is 0 Å². The van der Waals surface area contributed by atoms with E-state index < -0.39 is 10.0 Å². The second-order valence-corrected chi connectivity index (χ2v) is 6.97. The van der Waals surface area contributed by atoms with Gasteiger partial charge in [0.05, 0.1) is 11.4 Å². The summed E-state index contributed by atoms with van der Waals surface area (Å²) >= 11 is 3.28. The summed E-state index contributed by atoms with van der Waals surface area (Å²) in [6, 6.07) is 6.82. The van der Waals surface area contributed by atoms with Gasteiger partial charge in [-0.25, -0.2) is 8.42 Å². The van der Waals surface area contributed by atoms with Gasteiger partial charge in [-0.2, -0.15) is 4.31 Å². The van der Waals surface area contributed by atoms with Gasteiger partial charge in [0.1, 0.15) is 12.2 Å². The van der Waals surface area contributed by atoms with Gasteiger partial charge >= 0.3 is 0 Å². The summed E-state index contributed by atoms with van der Waals surface area (Å²) in [4.78, 5) is 0.281. The smallest absolute Gasteiger partial charge is 0.244 e. The molecular weight excluding hydrogens is 332 g/mol. The van der Waals surface area contributed by atoms with Crippen LogP contribution in [0.25, 0.3) is 0 Å². The van der Waals surface area contributed by atoms with Crippen LogP contribution in [0.4, 0.5) is 0 Å². The Kier molecular flexibility index (Phi) is 3.15. The van der Waals surface area contributed by atoms with Crippen molar-refractivity contribution in [3.8, 4) is 0 Å². The molecule has 100 valence electrons. The fourth-order valence-corrected chi connectivity index (χ4v) is 4.39. The van der Waals surface area contributed by atoms with Crippen molar-refractivity contribution in [3.05, 3.63) is 40.9 Å². The number of aromatic nitrogens is 3. The van der Waals surface area contributed by atoms with Gasteiger partial charge in [-0.15, -0.1) is 10.2 Å². The molecule has 2 aromatic rings. The summed E-state index contributed by atoms with van der Waals surface area (Å²) in [6.45, 7) is 1.25. The van der Waals surface area contributed by atoms with Crippen LogP contribution < -0.4 is 0 Å². The second kappa shape index (κ2) is 4.69. The van der Waals surface area contributed by atoms with Gasteiger partial charge in [0.2, 0.25) is 10.0 Å². The fraction of sp³-hybridized carbons (Fsp3) is 0.273. The summed E-state index contributed by atoms with van der Waals surface area (Å²) in [7, 11) is -3.51. The fourth-order valence-electron chi connectivity index (χ4n) is 2.04. The predicted molar refractivity (Wildman–Crippen MR) is 71.8 cm³/mol. The van der Waals surface area contributed by atoms with Crippen LogP contribution >= 0.6 is 15.9 Å². The highest BCUT2D eigenvalue weighted by molar-refractivity contribution is 9.10. The zero-order valence-electron chi connectivity index (χ0n) is 9.90. The molecule has 0 saturated carbocycles. The molecule has 0 N–H and O–H groups in total. The van der Waals surface area contributed by atoms with Crippen LogP contribution in [0.1, 0.15) is 5.82 Å². The van der Waals surface area contributed by atoms with Gasteiger partial charge in [0.15, 0.2) is 0 Å². The molecule has 0 saturated heterocycles. The highest BCUT2D eigenvalue weighted by atomic mass is 79.9. The van der Waals surface area contributed by atoms with Crippen molar-refractivity contribution < 1.29 is 8.42 Å². The van der Waals surface area contributed by atoms with Crippen molar-refractivity contribution in [3.63, 3.8) is 0 Å². The minimum absolute atomic E-state index is 0.254. The lowest BCUT2D eigenvalue weighted by Gasteiger charge is -2.26. The Hall–Kier alpha value is -1.25. The van der Waals surface area contributed by atoms with Crippen molar-refractivity contribution in [2.45, 2.75) is 18.0 Å². The van der Waals surface area contributed by atoms with Crippen LogP contribution in [0.2, 0.25) is 0 Å². The Morgan fingerprint density at radius 3 is 2.79 bits per heavy atom. The summed E-state index contributed by atoms with van der Waals surface area (Å²) in [5.74, 6) is 0.668. The van der Waals surface area contributed by atoms with E-state index in [0.717, 1.165) is 0 Å². The number of benzene rings is 1. The molecule has 19 heavy (non-hydrogen) atoms. The molecule has 1 aliphatic rings. The van der Waals surface area contributed by atoms with E-state index in [1.54, 1.807) is 30.6 Å². The van der Waals surface area contributed by atoms with Gasteiger partial charge < -0.3 is 4.57 Å². The number of hydrogen-bond donors (Lipinski definition) is 0. The molecule has 0 fully saturated rings. The third-order valence-corrected chi connectivity index (χ3v) is 5.92. The van der Waals surface area contributed by atoms with E-state index in [1.165, 1.54) is 4.31 Å². The third kappa shape index (κ3) is 2.19. The lowest BCUT2D eigenvalue weighted by Crippen LogP contribution is -2.38. The molecule has 6 nitrogen and oxygen atoms in total. The van der Waals surface area contributed by atoms with E-state index in [0.29, 0.717) is 23.4 Å². The predicted octanol–water partition coefficient (Wildman–Crippen LogP) is 1.25. The number of fused-ring (bicyclic) bond motifs is 1. The van der Waals surface area contributed by atoms with Crippen LogP contribution in [-0.2, 0) is 23.1 Å². The van der Waals surface area contributed by atoms with Crippen LogP contribution in [0, 0.1) is 0 Å². The molecule has 0 spiro atoms. The van der Waals surface area contributed by atoms with Crippen molar-refractivity contribution in [2.75, 3.05) is 6.54 Å². The Labute approximate surface area is 119 Å². The number of halogens is 1. The third-order valence-electron chi connectivity index (χ3n) is 3.06. The number of hydrogen-bond acceptors (Lipinski definition) is 4. The first-order chi connectivity index (χ1) is 9.09. The molecule has 2 heterocycles. The lowest BCUT2D eigenvalue weighted by molar-refractivity contribution is 0.335. The van der Waals surface area contributed by atoms with E-state index in [-0.39, 0.29) is 11.4 Å². The topological polar surface area (TPSA) is 68.1 Å². The first-order valence-electron chi connectivity index (χ1n) is 5.70. The van der Waals surface area contributed by atoms with Gasteiger partial charge in [0.25, 0.3) is 0 Å². The van der Waals surface area contributed by atoms with Crippen molar-refractivity contribution in [1.29, 1.82) is 0 Å². The first kappa shape index (κ1) is 12.8. The summed E-state index contributed by atoms with van der Waals surface area (Å²) < 4.78 is 29.0. The van der Waals surface area contributed by atoms with E-state index in [2.05, 4.69) is 26.1 Å². The van der Waals surface area contributed by atoms with Gasteiger partial charge in [-0.1, -0.05) is 12.1 Å². The average molecular weight is 343 g/mol. The molecule has 0 radical (unpaired) electrons. The van der Waals surface area contributed by atoms with Crippen molar-refractivity contribution >= 4 is 26.0 Å². The minimum Gasteiger partial charge on any atom is -0.315 e. The molecular formula is C11H11BrN4O2S. The van der Waals surface area contributed by atoms with Crippen LogP contribution in [0.15, 0.2) is 40.0 Å². The van der Waals surface area contributed by atoms with E-state index in [9.17, 15) is 8.42 Å². The lowest BCUT2D eigenvalue weighted by atomic mass is 10.4. The Bertz CT molecular complexity index is 713. The Morgan fingerprint density at radius 1 is 1.21 bits per heavy atom. The molecule has 0 aliphatic carbocycles. The number of sulfonamides is 1. The maximum Gasteiger partial charge on any atom is 0.244 e. The van der Waals surface area contributed by atoms with Crippen molar-refractivity contribution in [1.82, 2.24) is 19.1 Å². The molecule has 1 aromatic carbocycles. The maximum atomic E-state index is 12.6. The average Bonchev–Trinajstić information content (AvgIpc) is 2.86. The normalized spacial score (nSPS) is 16.3. The molecule has 1 aromatic heterocycles. The summed E-state index contributed by atoms with van der Waals surface area (Å²) in [5.41, 5.74) is 0. The molecule has 0 bridgehead atoms. The van der Waals surface area contributed by atoms with Gasteiger partial charge in [-0.3, -0.25) is 0 Å². The maximum absolute atomic E-state index is 12.6. The summed E-state index contributed by atoms with van der Waals surface area (Å²) in [5, 5.41) is 7.72. The molecule has 0 unspecified atom stereocenters. The van der Waals surface area contributed by atoms with E-state index in [4.69, 9.17) is 0 Å². The second-order valence-electron chi connectivity index (χ2n) is 4.21. The minimum atomic E-state index is -3.51. The highest BCUT2D eigenvalue weighted by Gasteiger charge is 2.30. The largest absolute Gasteiger partial charge is 0.315 e. The molecule has 3 rings (SSSR count). The SMILES string of the molecule is O=S(=O)(c1ccccc1Br)N1CCn2cnnc2C1. The van der Waals surface area contributed by atoms with Gasteiger partial charge in [-0.05, 0) is 28.1 Å². The molecule has 1 aliphatic heterocycles. The molecule has 0 atom stereocenters. The quantitative estimate of drug-likeness (QED) is 0.823. The number of nitrogens with zero attached hydrogens (tertiary/aromatic N) is 4. The number of rotatable bonds is 2. The zero-order chi connectivity index (χ0) is 13.5. The summed E-state index contributed by atoms with van der Waals surface area (Å²) in [6.07, 6.45) is 1.62. The standard InChI is InChI=1S/C11H11BrN4O2S/c12-9-3-1-2-4-10(9)19(17,18)16-6-5-15-8-13-14-11(15)7-16/h1-4,8H,5-7H2. The van der Waals surface area contributed by atoms with Crippen LogP contribution in [0.5, 0.6) is 0 Å². The molecule has 8 heteroatoms. The first-order valence-corrected chi connectivity index (χ1v) is 7.94. The monoisotopic (exact) mass is 342 g/mol. The van der Waals surface area contributed by atoms with Crippen LogP contribution in [-0.4, -0.2) is 34.0 Å². The van der Waals surface area contributed by atoms with E-state index in [1.807, 2.05) is 4.57 Å². The Morgan fingerprint density at radius 2 is 2.00 bits per heavy atom. The molecule has 0 amide bonds.